The van der Waals surface area contributed by atoms with Crippen LogP contribution in [0.15, 0.2) is 30.3 Å². The first-order valence-electron chi connectivity index (χ1n) is 11.9. The van der Waals surface area contributed by atoms with E-state index in [1.807, 2.05) is 17.6 Å². The number of pyridine rings is 1. The molecule has 0 aliphatic carbocycles. The van der Waals surface area contributed by atoms with Crippen molar-refractivity contribution in [3.8, 4) is 5.75 Å². The van der Waals surface area contributed by atoms with Gasteiger partial charge in [0, 0.05) is 38.4 Å². The number of ether oxygens (including phenoxy) is 1. The number of aromatic nitrogens is 3. The molecule has 0 amide bonds. The summed E-state index contributed by atoms with van der Waals surface area (Å²) in [6.07, 6.45) is 0.995. The van der Waals surface area contributed by atoms with Crippen LogP contribution in [-0.2, 0) is 11.3 Å². The zero-order valence-corrected chi connectivity index (χ0v) is 20.3. The predicted octanol–water partition coefficient (Wildman–Crippen LogP) is 2.72. The Bertz CT molecular complexity index is 1140. The van der Waals surface area contributed by atoms with E-state index >= 15 is 0 Å². The van der Waals surface area contributed by atoms with Crippen molar-refractivity contribution in [1.82, 2.24) is 24.3 Å². The number of esters is 1. The maximum atomic E-state index is 12.2. The fraction of sp³-hybridized carbons (Fsp3) is 0.480. The molecular weight excluding hydrogens is 432 g/mol. The summed E-state index contributed by atoms with van der Waals surface area (Å²) in [5.41, 5.74) is 3.44. The first kappa shape index (κ1) is 24.0. The third-order valence-electron chi connectivity index (χ3n) is 6.19. The van der Waals surface area contributed by atoms with Gasteiger partial charge in [0.1, 0.15) is 11.4 Å². The molecule has 9 heteroatoms. The average Bonchev–Trinajstić information content (AvgIpc) is 3.17. The second kappa shape index (κ2) is 10.8. The largest absolute Gasteiger partial charge is 0.506 e. The Balaban J connectivity index is 1.54. The topological polar surface area (TPSA) is 95.8 Å². The van der Waals surface area contributed by atoms with Crippen molar-refractivity contribution >= 4 is 23.0 Å². The van der Waals surface area contributed by atoms with E-state index in [1.165, 1.54) is 0 Å². The molecule has 1 saturated heterocycles. The van der Waals surface area contributed by atoms with Gasteiger partial charge in [0.15, 0.2) is 0 Å². The molecule has 34 heavy (non-hydrogen) atoms. The van der Waals surface area contributed by atoms with E-state index in [4.69, 9.17) is 9.72 Å². The van der Waals surface area contributed by atoms with Crippen LogP contribution in [0, 0.1) is 6.92 Å². The Morgan fingerprint density at radius 3 is 2.71 bits per heavy atom. The molecule has 2 aromatic heterocycles. The van der Waals surface area contributed by atoms with Crippen LogP contribution in [0.1, 0.15) is 35.1 Å². The van der Waals surface area contributed by atoms with Crippen LogP contribution in [0.4, 0.5) is 5.95 Å². The summed E-state index contributed by atoms with van der Waals surface area (Å²) in [4.78, 5) is 26.4. The average molecular weight is 467 g/mol. The van der Waals surface area contributed by atoms with Crippen LogP contribution < -0.4 is 5.32 Å². The highest BCUT2D eigenvalue weighted by Crippen LogP contribution is 2.25. The number of anilines is 1. The Kier molecular flexibility index (Phi) is 7.64. The first-order valence-corrected chi connectivity index (χ1v) is 11.9. The van der Waals surface area contributed by atoms with Crippen LogP contribution in [0.25, 0.3) is 11.0 Å². The molecule has 0 saturated carbocycles. The lowest BCUT2D eigenvalue weighted by Crippen LogP contribution is -2.44. The van der Waals surface area contributed by atoms with Crippen LogP contribution in [0.3, 0.4) is 0 Å². The van der Waals surface area contributed by atoms with Crippen molar-refractivity contribution in [2.75, 3.05) is 58.2 Å². The zero-order chi connectivity index (χ0) is 24.1. The van der Waals surface area contributed by atoms with Gasteiger partial charge in [0.2, 0.25) is 5.95 Å². The number of likely N-dealkylation sites (N-methyl/N-ethyl adjacent to an activating group) is 1. The highest BCUT2D eigenvalue weighted by atomic mass is 16.5. The van der Waals surface area contributed by atoms with E-state index in [0.29, 0.717) is 35.9 Å². The number of aryl methyl sites for hydroxylation is 1. The van der Waals surface area contributed by atoms with Crippen LogP contribution >= 0.6 is 0 Å². The van der Waals surface area contributed by atoms with Crippen LogP contribution in [-0.4, -0.2) is 88.3 Å². The molecule has 0 bridgehead atoms. The monoisotopic (exact) mass is 466 g/mol. The minimum absolute atomic E-state index is 0.150. The summed E-state index contributed by atoms with van der Waals surface area (Å²) in [5, 5.41) is 13.8. The molecule has 4 rings (SSSR count). The maximum Gasteiger partial charge on any atom is 0.338 e. The van der Waals surface area contributed by atoms with E-state index in [9.17, 15) is 9.90 Å². The highest BCUT2D eigenvalue weighted by Gasteiger charge is 2.17. The highest BCUT2D eigenvalue weighted by molar-refractivity contribution is 5.94. The molecule has 0 atom stereocenters. The lowest BCUT2D eigenvalue weighted by Gasteiger charge is -2.32. The second-order valence-electron chi connectivity index (χ2n) is 8.79. The SMILES string of the molecule is CCOC(=O)c1ccc2c(c1)nc(NCCCN1CCN(C)CC1)n2Cc1nc(C)ccc1O. The van der Waals surface area contributed by atoms with Crippen molar-refractivity contribution < 1.29 is 14.6 Å². The van der Waals surface area contributed by atoms with Gasteiger partial charge in [-0.05, 0) is 64.2 Å². The van der Waals surface area contributed by atoms with Crippen molar-refractivity contribution in [3.63, 3.8) is 0 Å². The van der Waals surface area contributed by atoms with E-state index < -0.39 is 0 Å². The number of nitrogens with one attached hydrogen (secondary N) is 1. The summed E-state index contributed by atoms with van der Waals surface area (Å²) in [5.74, 6) is 0.479. The second-order valence-corrected chi connectivity index (χ2v) is 8.79. The summed E-state index contributed by atoms with van der Waals surface area (Å²) in [6, 6.07) is 8.82. The Labute approximate surface area is 200 Å². The molecular formula is C25H34N6O3. The number of hydrogen-bond donors (Lipinski definition) is 2. The number of rotatable bonds is 9. The van der Waals surface area contributed by atoms with E-state index in [2.05, 4.69) is 27.1 Å². The smallest absolute Gasteiger partial charge is 0.338 e. The standard InChI is InChI=1S/C25H34N6O3/c1-4-34-24(33)19-7-8-22-20(16-19)28-25(26-10-5-11-30-14-12-29(3)13-15-30)31(22)17-21-23(32)9-6-18(2)27-21/h6-9,16,32H,4-5,10-15,17H2,1-3H3,(H,26,28). The van der Waals surface area contributed by atoms with Gasteiger partial charge in [-0.25, -0.2) is 9.78 Å². The molecule has 1 aliphatic heterocycles. The van der Waals surface area contributed by atoms with Gasteiger partial charge in [0.25, 0.3) is 0 Å². The molecule has 9 nitrogen and oxygen atoms in total. The normalized spacial score (nSPS) is 15.0. The number of carbonyl (C=O) groups is 1. The molecule has 0 radical (unpaired) electrons. The predicted molar refractivity (Wildman–Crippen MR) is 132 cm³/mol. The third kappa shape index (κ3) is 5.66. The molecule has 2 N–H and O–H groups in total. The van der Waals surface area contributed by atoms with Gasteiger partial charge in [-0.3, -0.25) is 4.98 Å². The molecule has 1 aromatic carbocycles. The Morgan fingerprint density at radius 1 is 1.15 bits per heavy atom. The summed E-state index contributed by atoms with van der Waals surface area (Å²) >= 11 is 0. The lowest BCUT2D eigenvalue weighted by molar-refractivity contribution is 0.0526. The number of nitrogens with zero attached hydrogens (tertiary/aromatic N) is 5. The van der Waals surface area contributed by atoms with Crippen molar-refractivity contribution in [3.05, 3.63) is 47.3 Å². The number of carbonyl (C=O) groups excluding carboxylic acids is 1. The summed E-state index contributed by atoms with van der Waals surface area (Å²) in [6.45, 7) is 10.6. The fourth-order valence-electron chi connectivity index (χ4n) is 4.21. The van der Waals surface area contributed by atoms with E-state index in [-0.39, 0.29) is 11.7 Å². The number of aromatic hydroxyl groups is 1. The number of fused-ring (bicyclic) bond motifs is 1. The van der Waals surface area contributed by atoms with Crippen LogP contribution in [0.5, 0.6) is 5.75 Å². The molecule has 3 aromatic rings. The molecule has 1 aliphatic rings. The molecule has 182 valence electrons. The fourth-order valence-corrected chi connectivity index (χ4v) is 4.21. The van der Waals surface area contributed by atoms with Crippen molar-refractivity contribution in [2.24, 2.45) is 0 Å². The number of piperazine rings is 1. The zero-order valence-electron chi connectivity index (χ0n) is 20.3. The molecule has 0 spiro atoms. The van der Waals surface area contributed by atoms with Gasteiger partial charge >= 0.3 is 5.97 Å². The minimum Gasteiger partial charge on any atom is -0.506 e. The lowest BCUT2D eigenvalue weighted by atomic mass is 10.2. The van der Waals surface area contributed by atoms with Gasteiger partial charge in [-0.2, -0.15) is 0 Å². The molecule has 3 heterocycles. The maximum absolute atomic E-state index is 12.2. The molecule has 1 fully saturated rings. The van der Waals surface area contributed by atoms with Gasteiger partial charge < -0.3 is 29.5 Å². The van der Waals surface area contributed by atoms with Gasteiger partial charge in [-0.1, -0.05) is 0 Å². The number of imidazole rings is 1. The van der Waals surface area contributed by atoms with Crippen molar-refractivity contribution in [2.45, 2.75) is 26.8 Å². The Hall–Kier alpha value is -3.17. The third-order valence-corrected chi connectivity index (χ3v) is 6.19. The summed E-state index contributed by atoms with van der Waals surface area (Å²) in [7, 11) is 2.16. The van der Waals surface area contributed by atoms with Gasteiger partial charge in [-0.15, -0.1) is 0 Å². The van der Waals surface area contributed by atoms with Gasteiger partial charge in [0.05, 0.1) is 29.7 Å². The number of benzene rings is 1. The van der Waals surface area contributed by atoms with E-state index in [1.54, 1.807) is 31.2 Å². The van der Waals surface area contributed by atoms with Crippen molar-refractivity contribution in [1.29, 1.82) is 0 Å². The van der Waals surface area contributed by atoms with Crippen LogP contribution in [0.2, 0.25) is 0 Å². The first-order chi connectivity index (χ1) is 16.4. The summed E-state index contributed by atoms with van der Waals surface area (Å²) < 4.78 is 7.14. The quantitative estimate of drug-likeness (QED) is 0.367. The minimum atomic E-state index is -0.362. The Morgan fingerprint density at radius 2 is 1.94 bits per heavy atom. The van der Waals surface area contributed by atoms with E-state index in [0.717, 1.165) is 56.9 Å². The molecule has 0 unspecified atom stereocenters. The number of hydrogen-bond acceptors (Lipinski definition) is 8.